The fourth-order valence-electron chi connectivity index (χ4n) is 2.13. The van der Waals surface area contributed by atoms with E-state index in [9.17, 15) is 14.4 Å². The van der Waals surface area contributed by atoms with Gasteiger partial charge in [0.05, 0.1) is 19.3 Å². The molecule has 0 aliphatic carbocycles. The molecule has 0 aromatic heterocycles. The molecule has 2 rings (SSSR count). The van der Waals surface area contributed by atoms with Gasteiger partial charge < -0.3 is 20.5 Å². The van der Waals surface area contributed by atoms with E-state index in [2.05, 4.69) is 10.6 Å². The number of carboxylic acid groups (broad SMARTS) is 1. The Kier molecular flexibility index (Phi) is 4.54. The number of carbonyl (C=O) groups is 3. The zero-order valence-electron chi connectivity index (χ0n) is 11.5. The zero-order valence-corrected chi connectivity index (χ0v) is 11.5. The number of carboxylic acids is 1. The van der Waals surface area contributed by atoms with Crippen molar-refractivity contribution in [2.75, 3.05) is 18.5 Å². The maximum absolute atomic E-state index is 12.1. The van der Waals surface area contributed by atoms with Crippen molar-refractivity contribution in [3.05, 3.63) is 29.8 Å². The number of nitrogens with one attached hydrogen (secondary N) is 2. The van der Waals surface area contributed by atoms with Crippen molar-refractivity contribution < 1.29 is 24.2 Å². The number of amides is 2. The number of carbonyl (C=O) groups excluding carboxylic acids is 2. The average molecular weight is 292 g/mol. The van der Waals surface area contributed by atoms with Crippen molar-refractivity contribution in [2.45, 2.75) is 13.0 Å². The van der Waals surface area contributed by atoms with Gasteiger partial charge in [-0.05, 0) is 18.2 Å². The minimum Gasteiger partial charge on any atom is -0.481 e. The predicted octanol–water partition coefficient (Wildman–Crippen LogP) is 0.474. The van der Waals surface area contributed by atoms with Gasteiger partial charge in [-0.1, -0.05) is 6.07 Å². The highest BCUT2D eigenvalue weighted by Gasteiger charge is 2.35. The summed E-state index contributed by atoms with van der Waals surface area (Å²) in [6, 6.07) is 5.87. The number of benzene rings is 1. The van der Waals surface area contributed by atoms with Crippen molar-refractivity contribution in [2.24, 2.45) is 5.92 Å². The number of anilines is 1. The Balaban J connectivity index is 2.06. The molecule has 3 N–H and O–H groups in total. The van der Waals surface area contributed by atoms with Gasteiger partial charge in [0.1, 0.15) is 5.92 Å². The second-order valence-corrected chi connectivity index (χ2v) is 4.82. The molecule has 1 aliphatic rings. The number of hydrogen-bond acceptors (Lipinski definition) is 4. The maximum atomic E-state index is 12.1. The molecule has 2 unspecified atom stereocenters. The summed E-state index contributed by atoms with van der Waals surface area (Å²) >= 11 is 0. The molecule has 2 amide bonds. The second kappa shape index (κ2) is 6.36. The topological polar surface area (TPSA) is 105 Å². The highest BCUT2D eigenvalue weighted by molar-refractivity contribution is 5.97. The van der Waals surface area contributed by atoms with Crippen LogP contribution in [-0.2, 0) is 14.3 Å². The quantitative estimate of drug-likeness (QED) is 0.748. The summed E-state index contributed by atoms with van der Waals surface area (Å²) in [5.41, 5.74) is 0.852. The van der Waals surface area contributed by atoms with E-state index in [1.165, 1.54) is 13.0 Å². The largest absolute Gasteiger partial charge is 0.481 e. The maximum Gasteiger partial charge on any atom is 0.311 e. The van der Waals surface area contributed by atoms with Crippen molar-refractivity contribution in [1.29, 1.82) is 0 Å². The Labute approximate surface area is 121 Å². The van der Waals surface area contributed by atoms with Gasteiger partial charge in [-0.3, -0.25) is 14.4 Å². The molecular formula is C14H16N2O5. The highest BCUT2D eigenvalue weighted by Crippen LogP contribution is 2.16. The molecule has 1 aliphatic heterocycles. The number of ether oxygens (including phenoxy) is 1. The lowest BCUT2D eigenvalue weighted by Crippen LogP contribution is -2.42. The van der Waals surface area contributed by atoms with Gasteiger partial charge in [0.2, 0.25) is 5.91 Å². The van der Waals surface area contributed by atoms with Crippen LogP contribution in [0.1, 0.15) is 17.3 Å². The van der Waals surface area contributed by atoms with Crippen LogP contribution in [0, 0.1) is 5.92 Å². The van der Waals surface area contributed by atoms with Gasteiger partial charge in [0, 0.05) is 18.2 Å². The molecular weight excluding hydrogens is 276 g/mol. The number of aliphatic carboxylic acids is 1. The smallest absolute Gasteiger partial charge is 0.311 e. The molecule has 2 atom stereocenters. The summed E-state index contributed by atoms with van der Waals surface area (Å²) in [5.74, 6) is -2.37. The third-order valence-corrected chi connectivity index (χ3v) is 3.16. The third-order valence-electron chi connectivity index (χ3n) is 3.16. The standard InChI is InChI=1S/C14H16N2O5/c1-8(17)15-10-4-2-3-9(5-10)13(18)16-12-7-21-6-11(12)14(19)20/h2-5,11-12H,6-7H2,1H3,(H,15,17)(H,16,18)(H,19,20). The van der Waals surface area contributed by atoms with E-state index in [0.717, 1.165) is 0 Å². The molecule has 0 radical (unpaired) electrons. The lowest BCUT2D eigenvalue weighted by atomic mass is 10.0. The van der Waals surface area contributed by atoms with E-state index in [1.54, 1.807) is 18.2 Å². The van der Waals surface area contributed by atoms with Crippen LogP contribution in [0.2, 0.25) is 0 Å². The van der Waals surface area contributed by atoms with Gasteiger partial charge >= 0.3 is 5.97 Å². The second-order valence-electron chi connectivity index (χ2n) is 4.82. The van der Waals surface area contributed by atoms with Crippen molar-refractivity contribution in [3.63, 3.8) is 0 Å². The molecule has 112 valence electrons. The van der Waals surface area contributed by atoms with Gasteiger partial charge in [0.15, 0.2) is 0 Å². The Morgan fingerprint density at radius 1 is 1.29 bits per heavy atom. The molecule has 0 saturated carbocycles. The molecule has 0 bridgehead atoms. The minimum atomic E-state index is -0.996. The van der Waals surface area contributed by atoms with Gasteiger partial charge in [0.25, 0.3) is 5.91 Å². The molecule has 1 saturated heterocycles. The van der Waals surface area contributed by atoms with E-state index in [4.69, 9.17) is 9.84 Å². The third kappa shape index (κ3) is 3.79. The van der Waals surface area contributed by atoms with Crippen LogP contribution in [0.25, 0.3) is 0 Å². The summed E-state index contributed by atoms with van der Waals surface area (Å²) in [6.07, 6.45) is 0. The molecule has 21 heavy (non-hydrogen) atoms. The molecule has 1 aromatic carbocycles. The summed E-state index contributed by atoms with van der Waals surface area (Å²) in [5, 5.41) is 14.3. The lowest BCUT2D eigenvalue weighted by Gasteiger charge is -2.16. The van der Waals surface area contributed by atoms with Gasteiger partial charge in [-0.15, -0.1) is 0 Å². The SMILES string of the molecule is CC(=O)Nc1cccc(C(=O)NC2COCC2C(=O)O)c1. The monoisotopic (exact) mass is 292 g/mol. The normalized spacial score (nSPS) is 20.8. The molecule has 1 fully saturated rings. The minimum absolute atomic E-state index is 0.0895. The van der Waals surface area contributed by atoms with E-state index in [-0.39, 0.29) is 19.1 Å². The first kappa shape index (κ1) is 15.0. The van der Waals surface area contributed by atoms with Crippen LogP contribution in [-0.4, -0.2) is 42.1 Å². The van der Waals surface area contributed by atoms with Gasteiger partial charge in [-0.2, -0.15) is 0 Å². The van der Waals surface area contributed by atoms with E-state index < -0.39 is 23.8 Å². The Bertz CT molecular complexity index is 572. The van der Waals surface area contributed by atoms with Crippen LogP contribution in [0.5, 0.6) is 0 Å². The summed E-state index contributed by atoms with van der Waals surface area (Å²) in [6.45, 7) is 1.64. The Hall–Kier alpha value is -2.41. The fraction of sp³-hybridized carbons (Fsp3) is 0.357. The highest BCUT2D eigenvalue weighted by atomic mass is 16.5. The van der Waals surface area contributed by atoms with E-state index in [1.807, 2.05) is 0 Å². The lowest BCUT2D eigenvalue weighted by molar-refractivity contribution is -0.142. The molecule has 7 heteroatoms. The van der Waals surface area contributed by atoms with Crippen molar-refractivity contribution >= 4 is 23.5 Å². The molecule has 0 spiro atoms. The van der Waals surface area contributed by atoms with E-state index >= 15 is 0 Å². The summed E-state index contributed by atoms with van der Waals surface area (Å²) < 4.78 is 5.09. The Morgan fingerprint density at radius 2 is 2.05 bits per heavy atom. The van der Waals surface area contributed by atoms with Crippen LogP contribution >= 0.6 is 0 Å². The number of hydrogen-bond donors (Lipinski definition) is 3. The van der Waals surface area contributed by atoms with Crippen LogP contribution in [0.3, 0.4) is 0 Å². The van der Waals surface area contributed by atoms with E-state index in [0.29, 0.717) is 11.3 Å². The summed E-state index contributed by atoms with van der Waals surface area (Å²) in [7, 11) is 0. The number of rotatable bonds is 4. The van der Waals surface area contributed by atoms with Crippen molar-refractivity contribution in [3.8, 4) is 0 Å². The average Bonchev–Trinajstić information content (AvgIpc) is 2.86. The predicted molar refractivity (Wildman–Crippen MR) is 73.9 cm³/mol. The first-order valence-electron chi connectivity index (χ1n) is 6.46. The molecule has 7 nitrogen and oxygen atoms in total. The first-order valence-corrected chi connectivity index (χ1v) is 6.46. The zero-order chi connectivity index (χ0) is 15.4. The first-order chi connectivity index (χ1) is 9.97. The fourth-order valence-corrected chi connectivity index (χ4v) is 2.13. The molecule has 1 aromatic rings. The van der Waals surface area contributed by atoms with Crippen LogP contribution < -0.4 is 10.6 Å². The van der Waals surface area contributed by atoms with Crippen LogP contribution in [0.15, 0.2) is 24.3 Å². The Morgan fingerprint density at radius 3 is 2.71 bits per heavy atom. The van der Waals surface area contributed by atoms with Crippen LogP contribution in [0.4, 0.5) is 5.69 Å². The van der Waals surface area contributed by atoms with Gasteiger partial charge in [-0.25, -0.2) is 0 Å². The molecule has 1 heterocycles. The summed E-state index contributed by atoms with van der Waals surface area (Å²) in [4.78, 5) is 34.2. The van der Waals surface area contributed by atoms with Crippen molar-refractivity contribution in [1.82, 2.24) is 5.32 Å².